The van der Waals surface area contributed by atoms with Gasteiger partial charge in [0.15, 0.2) is 0 Å². The molecule has 0 amide bonds. The fraction of sp³-hybridized carbons (Fsp3) is 0.974. The third-order valence-electron chi connectivity index (χ3n) is 18.3. The van der Waals surface area contributed by atoms with Gasteiger partial charge in [0, 0.05) is 32.5 Å². The molecule has 0 rings (SSSR count). The highest BCUT2D eigenvalue weighted by molar-refractivity contribution is 5.69. The van der Waals surface area contributed by atoms with E-state index in [0.717, 1.165) is 103 Å². The minimum atomic E-state index is -0.452. The first-order chi connectivity index (χ1) is 42.4. The lowest BCUT2D eigenvalue weighted by Crippen LogP contribution is -2.40. The maximum atomic E-state index is 12.5. The van der Waals surface area contributed by atoms with Crippen LogP contribution in [0.1, 0.15) is 407 Å². The van der Waals surface area contributed by atoms with E-state index >= 15 is 0 Å². The Kier molecular flexibility index (Phi) is 71.7. The standard InChI is InChI=1S/C77H155N3O6/c1-5-9-13-17-21-25-29-33-37-41-45-49-58-69-85-76(83)62-53-51-52-61-74(81)72-79(65-54-47-43-39-35-31-27-23-19-15-11-7-3)67-56-57-68-80(66-55-48-44-40-36-32-28-24-20-16-12-8-4)73-75(82)71-78-64-60-63-77(84)86-70-59-50-46-42-38-34-30-26-22-18-14-10-6-2/h74-75,78,81-82H,5-73H2,1-4H3. The van der Waals surface area contributed by atoms with E-state index < -0.39 is 6.10 Å². The van der Waals surface area contributed by atoms with Crippen LogP contribution in [0, 0.1) is 0 Å². The molecule has 2 unspecified atom stereocenters. The molecule has 0 aromatic rings. The SMILES string of the molecule is CCCCCCCCCCCCCCCOC(=O)CCCCCC(O)CN(CCCCCCCCCCCCCC)CCCCN(CCCCCCCCCCCCCC)CC(O)CNCCCC(=O)OCCCCCCCCCCCCCCC. The molecule has 0 saturated carbocycles. The van der Waals surface area contributed by atoms with E-state index in [4.69, 9.17) is 9.47 Å². The van der Waals surface area contributed by atoms with Crippen molar-refractivity contribution in [2.45, 2.75) is 419 Å². The number of nitrogens with one attached hydrogen (secondary N) is 1. The van der Waals surface area contributed by atoms with E-state index in [1.807, 2.05) is 0 Å². The molecule has 0 aromatic carbocycles. The molecule has 86 heavy (non-hydrogen) atoms. The fourth-order valence-electron chi connectivity index (χ4n) is 12.6. The van der Waals surface area contributed by atoms with Gasteiger partial charge in [0.1, 0.15) is 0 Å². The third kappa shape index (κ3) is 68.6. The van der Waals surface area contributed by atoms with E-state index in [1.54, 1.807) is 0 Å². The first-order valence-electron chi connectivity index (χ1n) is 39.2. The highest BCUT2D eigenvalue weighted by Gasteiger charge is 2.16. The van der Waals surface area contributed by atoms with Gasteiger partial charge in [0.05, 0.1) is 25.4 Å². The molecule has 0 aliphatic rings. The van der Waals surface area contributed by atoms with Crippen molar-refractivity contribution in [2.24, 2.45) is 0 Å². The van der Waals surface area contributed by atoms with Gasteiger partial charge in [-0.05, 0) is 90.5 Å². The van der Waals surface area contributed by atoms with Crippen LogP contribution in [0.25, 0.3) is 0 Å². The first-order valence-corrected chi connectivity index (χ1v) is 39.2. The second kappa shape index (κ2) is 72.8. The zero-order chi connectivity index (χ0) is 62.4. The van der Waals surface area contributed by atoms with Gasteiger partial charge >= 0.3 is 11.9 Å². The zero-order valence-electron chi connectivity index (χ0n) is 58.9. The molecule has 9 nitrogen and oxygen atoms in total. The Balaban J connectivity index is 4.92. The summed E-state index contributed by atoms with van der Waals surface area (Å²) in [6.07, 6.45) is 73.0. The minimum absolute atomic E-state index is 0.0578. The van der Waals surface area contributed by atoms with E-state index in [-0.39, 0.29) is 18.0 Å². The number of rotatable bonds is 75. The average Bonchev–Trinajstić information content (AvgIpc) is 3.51. The number of aliphatic hydroxyl groups excluding tert-OH is 2. The van der Waals surface area contributed by atoms with Crippen LogP contribution in [0.5, 0.6) is 0 Å². The number of aliphatic hydroxyl groups is 2. The van der Waals surface area contributed by atoms with E-state index in [2.05, 4.69) is 42.8 Å². The van der Waals surface area contributed by atoms with Gasteiger partial charge in [-0.15, -0.1) is 0 Å². The number of esters is 2. The Hall–Kier alpha value is -1.26. The average molecular weight is 1220 g/mol. The summed E-state index contributed by atoms with van der Waals surface area (Å²) in [5, 5.41) is 26.1. The van der Waals surface area contributed by atoms with Crippen molar-refractivity contribution >= 4 is 11.9 Å². The largest absolute Gasteiger partial charge is 0.466 e. The van der Waals surface area contributed by atoms with Crippen LogP contribution in [-0.2, 0) is 19.1 Å². The van der Waals surface area contributed by atoms with Crippen LogP contribution in [0.4, 0.5) is 0 Å². The number of nitrogens with zero attached hydrogens (tertiary/aromatic N) is 2. The number of unbranched alkanes of at least 4 members (excludes halogenated alkanes) is 49. The topological polar surface area (TPSA) is 112 Å². The quantitative estimate of drug-likeness (QED) is 0.0405. The number of hydrogen-bond donors (Lipinski definition) is 3. The monoisotopic (exact) mass is 1220 g/mol. The van der Waals surface area contributed by atoms with Gasteiger partial charge in [0.25, 0.3) is 0 Å². The summed E-state index contributed by atoms with van der Waals surface area (Å²) < 4.78 is 11.2. The second-order valence-corrected chi connectivity index (χ2v) is 27.2. The molecule has 0 bridgehead atoms. The Labute approximate surface area is 538 Å². The lowest BCUT2D eigenvalue weighted by Gasteiger charge is -2.27. The number of ether oxygens (including phenoxy) is 2. The van der Waals surface area contributed by atoms with Crippen LogP contribution in [0.15, 0.2) is 0 Å². The lowest BCUT2D eigenvalue weighted by molar-refractivity contribution is -0.144. The van der Waals surface area contributed by atoms with Gasteiger partial charge in [-0.25, -0.2) is 0 Å². The van der Waals surface area contributed by atoms with Crippen molar-refractivity contribution in [3.8, 4) is 0 Å². The van der Waals surface area contributed by atoms with Crippen molar-refractivity contribution in [3.63, 3.8) is 0 Å². The molecule has 0 radical (unpaired) electrons. The van der Waals surface area contributed by atoms with E-state index in [1.165, 1.54) is 295 Å². The molecule has 2 atom stereocenters. The minimum Gasteiger partial charge on any atom is -0.466 e. The summed E-state index contributed by atoms with van der Waals surface area (Å²) in [6, 6.07) is 0. The van der Waals surface area contributed by atoms with Crippen LogP contribution in [0.3, 0.4) is 0 Å². The van der Waals surface area contributed by atoms with Crippen molar-refractivity contribution < 1.29 is 29.3 Å². The molecule has 0 aromatic heterocycles. The summed E-state index contributed by atoms with van der Waals surface area (Å²) >= 11 is 0. The molecule has 514 valence electrons. The normalized spacial score (nSPS) is 12.5. The molecule has 0 aliphatic carbocycles. The predicted octanol–water partition coefficient (Wildman–Crippen LogP) is 22.1. The molecule has 9 heteroatoms. The number of carbonyl (C=O) groups excluding carboxylic acids is 2. The lowest BCUT2D eigenvalue weighted by atomic mass is 10.0. The summed E-state index contributed by atoms with van der Waals surface area (Å²) in [5.74, 6) is -0.152. The smallest absolute Gasteiger partial charge is 0.305 e. The maximum Gasteiger partial charge on any atom is 0.305 e. The van der Waals surface area contributed by atoms with Gasteiger partial charge in [-0.3, -0.25) is 9.59 Å². The van der Waals surface area contributed by atoms with Crippen LogP contribution < -0.4 is 5.32 Å². The molecule has 0 spiro atoms. The highest BCUT2D eigenvalue weighted by Crippen LogP contribution is 2.18. The molecular weight excluding hydrogens is 1060 g/mol. The summed E-state index contributed by atoms with van der Waals surface area (Å²) in [5.41, 5.74) is 0. The number of carbonyl (C=O) groups is 2. The molecular formula is C77H155N3O6. The van der Waals surface area contributed by atoms with Crippen LogP contribution >= 0.6 is 0 Å². The summed E-state index contributed by atoms with van der Waals surface area (Å²) in [6.45, 7) is 16.9. The molecule has 0 aliphatic heterocycles. The van der Waals surface area contributed by atoms with E-state index in [9.17, 15) is 19.8 Å². The van der Waals surface area contributed by atoms with Crippen molar-refractivity contribution in [2.75, 3.05) is 65.6 Å². The Morgan fingerprint density at radius 2 is 0.547 bits per heavy atom. The van der Waals surface area contributed by atoms with Crippen molar-refractivity contribution in [3.05, 3.63) is 0 Å². The molecule has 0 heterocycles. The third-order valence-corrected chi connectivity index (χ3v) is 18.3. The first kappa shape index (κ1) is 84.7. The van der Waals surface area contributed by atoms with Gasteiger partial charge in [0.2, 0.25) is 0 Å². The van der Waals surface area contributed by atoms with Gasteiger partial charge in [-0.1, -0.05) is 336 Å². The van der Waals surface area contributed by atoms with Gasteiger partial charge in [-0.2, -0.15) is 0 Å². The molecule has 3 N–H and O–H groups in total. The van der Waals surface area contributed by atoms with Gasteiger partial charge < -0.3 is 34.8 Å². The number of hydrogen-bond acceptors (Lipinski definition) is 9. The van der Waals surface area contributed by atoms with Crippen LogP contribution in [-0.4, -0.2) is 110 Å². The molecule has 0 saturated heterocycles. The summed E-state index contributed by atoms with van der Waals surface area (Å²) in [7, 11) is 0. The zero-order valence-corrected chi connectivity index (χ0v) is 58.9. The highest BCUT2D eigenvalue weighted by atomic mass is 16.5. The van der Waals surface area contributed by atoms with Crippen molar-refractivity contribution in [1.29, 1.82) is 0 Å². The Morgan fingerprint density at radius 1 is 0.302 bits per heavy atom. The second-order valence-electron chi connectivity index (χ2n) is 27.2. The predicted molar refractivity (Wildman–Crippen MR) is 375 cm³/mol. The maximum absolute atomic E-state index is 12.5. The van der Waals surface area contributed by atoms with Crippen LogP contribution in [0.2, 0.25) is 0 Å². The Morgan fingerprint density at radius 3 is 0.860 bits per heavy atom. The van der Waals surface area contributed by atoms with Crippen molar-refractivity contribution in [1.82, 2.24) is 15.1 Å². The Bertz CT molecular complexity index is 1210. The fourth-order valence-corrected chi connectivity index (χ4v) is 12.6. The summed E-state index contributed by atoms with van der Waals surface area (Å²) in [4.78, 5) is 30.0. The van der Waals surface area contributed by atoms with E-state index in [0.29, 0.717) is 45.7 Å². The molecule has 0 fully saturated rings.